The van der Waals surface area contributed by atoms with E-state index in [1.165, 1.54) is 15.9 Å². The number of aromatic nitrogens is 5. The highest BCUT2D eigenvalue weighted by molar-refractivity contribution is 7.15. The number of hydrogen-bond acceptors (Lipinski definition) is 7. The predicted molar refractivity (Wildman–Crippen MR) is 153 cm³/mol. The van der Waals surface area contributed by atoms with Gasteiger partial charge in [0, 0.05) is 22.9 Å². The second kappa shape index (κ2) is 10.2. The molecule has 39 heavy (non-hydrogen) atoms. The number of fused-ring (bicyclic) bond motifs is 1. The van der Waals surface area contributed by atoms with Crippen LogP contribution in [0.25, 0.3) is 39.4 Å². The molecule has 0 fully saturated rings. The van der Waals surface area contributed by atoms with E-state index in [0.717, 1.165) is 45.1 Å². The molecule has 3 heterocycles. The fourth-order valence-electron chi connectivity index (χ4n) is 4.41. The number of rotatable bonds is 7. The van der Waals surface area contributed by atoms with Crippen molar-refractivity contribution in [2.24, 2.45) is 0 Å². The fourth-order valence-corrected chi connectivity index (χ4v) is 5.31. The first-order valence-corrected chi connectivity index (χ1v) is 13.3. The van der Waals surface area contributed by atoms with Gasteiger partial charge in [-0.3, -0.25) is 4.79 Å². The summed E-state index contributed by atoms with van der Waals surface area (Å²) < 4.78 is 14.6. The molecule has 0 radical (unpaired) electrons. The third-order valence-corrected chi connectivity index (χ3v) is 7.30. The van der Waals surface area contributed by atoms with E-state index in [-0.39, 0.29) is 5.56 Å². The van der Waals surface area contributed by atoms with Crippen molar-refractivity contribution >= 4 is 22.4 Å². The van der Waals surface area contributed by atoms with Gasteiger partial charge < -0.3 is 9.47 Å². The van der Waals surface area contributed by atoms with Gasteiger partial charge in [-0.05, 0) is 80.1 Å². The van der Waals surface area contributed by atoms with Gasteiger partial charge >= 0.3 is 0 Å². The highest BCUT2D eigenvalue weighted by Crippen LogP contribution is 2.30. The van der Waals surface area contributed by atoms with Gasteiger partial charge in [0.25, 0.3) is 5.56 Å². The summed E-state index contributed by atoms with van der Waals surface area (Å²) >= 11 is 1.30. The summed E-state index contributed by atoms with van der Waals surface area (Å²) in [4.78, 5) is 18.5. The van der Waals surface area contributed by atoms with Crippen molar-refractivity contribution < 1.29 is 9.47 Å². The lowest BCUT2D eigenvalue weighted by molar-refractivity contribution is 0.340. The maximum absolute atomic E-state index is 13.4. The Hall–Kier alpha value is -4.76. The van der Waals surface area contributed by atoms with Crippen LogP contribution in [0.5, 0.6) is 11.5 Å². The minimum atomic E-state index is -0.218. The topological polar surface area (TPSA) is 83.5 Å². The van der Waals surface area contributed by atoms with Crippen molar-refractivity contribution in [3.8, 4) is 39.8 Å². The Balaban J connectivity index is 1.46. The van der Waals surface area contributed by atoms with E-state index in [0.29, 0.717) is 21.9 Å². The van der Waals surface area contributed by atoms with Gasteiger partial charge in [0.05, 0.1) is 23.9 Å². The molecule has 0 N–H and O–H groups in total. The average molecular weight is 536 g/mol. The standard InChI is InChI=1S/C30H25N5O3S/c1-4-38-24-14-15-25(19(2)16-24)27-21(18-34(32-27)22-8-6-5-7-9-22)17-26-29(36)35-30(39-26)31-28(33-35)20-10-12-23(37-3)13-11-20/h5-18H,4H2,1-3H3/b26-17-. The molecule has 0 spiro atoms. The van der Waals surface area contributed by atoms with Crippen LogP contribution in [0, 0.1) is 6.92 Å². The van der Waals surface area contributed by atoms with E-state index >= 15 is 0 Å². The third kappa shape index (κ3) is 4.68. The molecule has 0 aliphatic carbocycles. The first-order valence-electron chi connectivity index (χ1n) is 12.5. The average Bonchev–Trinajstić information content (AvgIpc) is 3.65. The highest BCUT2D eigenvalue weighted by Gasteiger charge is 2.16. The van der Waals surface area contributed by atoms with E-state index < -0.39 is 0 Å². The number of ether oxygens (including phenoxy) is 2. The van der Waals surface area contributed by atoms with Crippen LogP contribution in [0.1, 0.15) is 18.1 Å². The Bertz CT molecular complexity index is 1890. The van der Waals surface area contributed by atoms with Crippen LogP contribution in [0.4, 0.5) is 0 Å². The number of benzene rings is 3. The second-order valence-corrected chi connectivity index (χ2v) is 9.91. The lowest BCUT2D eigenvalue weighted by Gasteiger charge is -2.08. The molecular weight excluding hydrogens is 510 g/mol. The van der Waals surface area contributed by atoms with Crippen LogP contribution in [0.3, 0.4) is 0 Å². The van der Waals surface area contributed by atoms with Crippen LogP contribution in [0.2, 0.25) is 0 Å². The van der Waals surface area contributed by atoms with E-state index in [1.54, 1.807) is 7.11 Å². The number of nitrogens with zero attached hydrogens (tertiary/aromatic N) is 5. The second-order valence-electron chi connectivity index (χ2n) is 8.90. The van der Waals surface area contributed by atoms with Crippen LogP contribution in [0.15, 0.2) is 83.8 Å². The Morgan fingerprint density at radius 1 is 0.974 bits per heavy atom. The SMILES string of the molecule is CCOc1ccc(-c2nn(-c3ccccc3)cc2/C=c2\sc3nc(-c4ccc(OC)cc4)nn3c2=O)c(C)c1. The first kappa shape index (κ1) is 24.6. The number of thiazole rings is 1. The van der Waals surface area contributed by atoms with Gasteiger partial charge in [-0.2, -0.15) is 14.6 Å². The zero-order chi connectivity index (χ0) is 26.9. The summed E-state index contributed by atoms with van der Waals surface area (Å²) in [5.74, 6) is 2.05. The quantitative estimate of drug-likeness (QED) is 0.288. The molecule has 0 amide bonds. The van der Waals surface area contributed by atoms with Gasteiger partial charge in [-0.1, -0.05) is 29.5 Å². The molecule has 0 atom stereocenters. The molecule has 0 aliphatic rings. The molecule has 194 valence electrons. The number of methoxy groups -OCH3 is 1. The molecule has 3 aromatic heterocycles. The van der Waals surface area contributed by atoms with E-state index in [4.69, 9.17) is 14.6 Å². The van der Waals surface area contributed by atoms with E-state index in [2.05, 4.69) is 10.1 Å². The third-order valence-electron chi connectivity index (χ3n) is 6.34. The molecule has 0 saturated heterocycles. The molecule has 6 rings (SSSR count). The maximum Gasteiger partial charge on any atom is 0.291 e. The highest BCUT2D eigenvalue weighted by atomic mass is 32.1. The Kier molecular flexibility index (Phi) is 6.42. The van der Waals surface area contributed by atoms with Crippen molar-refractivity contribution in [1.82, 2.24) is 24.4 Å². The molecular formula is C30H25N5O3S. The molecule has 0 aliphatic heterocycles. The minimum Gasteiger partial charge on any atom is -0.497 e. The van der Waals surface area contributed by atoms with Gasteiger partial charge in [0.1, 0.15) is 17.2 Å². The molecule has 9 heteroatoms. The largest absolute Gasteiger partial charge is 0.497 e. The number of aryl methyl sites for hydroxylation is 1. The lowest BCUT2D eigenvalue weighted by Crippen LogP contribution is -2.23. The zero-order valence-electron chi connectivity index (χ0n) is 21.7. The normalized spacial score (nSPS) is 11.8. The Morgan fingerprint density at radius 2 is 1.74 bits per heavy atom. The smallest absolute Gasteiger partial charge is 0.291 e. The molecule has 0 bridgehead atoms. The van der Waals surface area contributed by atoms with Crippen LogP contribution in [-0.4, -0.2) is 38.1 Å². The zero-order valence-corrected chi connectivity index (χ0v) is 22.5. The van der Waals surface area contributed by atoms with Crippen molar-refractivity contribution in [3.05, 3.63) is 105 Å². The Labute approximate surface area is 228 Å². The monoisotopic (exact) mass is 535 g/mol. The summed E-state index contributed by atoms with van der Waals surface area (Å²) in [6, 6.07) is 23.3. The molecule has 0 unspecified atom stereocenters. The predicted octanol–water partition coefficient (Wildman–Crippen LogP) is 4.93. The van der Waals surface area contributed by atoms with Crippen molar-refractivity contribution in [2.75, 3.05) is 13.7 Å². The lowest BCUT2D eigenvalue weighted by atomic mass is 10.0. The van der Waals surface area contributed by atoms with Crippen molar-refractivity contribution in [3.63, 3.8) is 0 Å². The molecule has 3 aromatic carbocycles. The fraction of sp³-hybridized carbons (Fsp3) is 0.133. The van der Waals surface area contributed by atoms with Gasteiger partial charge in [-0.25, -0.2) is 4.68 Å². The van der Waals surface area contributed by atoms with Crippen LogP contribution >= 0.6 is 11.3 Å². The van der Waals surface area contributed by atoms with Crippen LogP contribution in [-0.2, 0) is 0 Å². The number of hydrogen-bond donors (Lipinski definition) is 0. The van der Waals surface area contributed by atoms with Gasteiger partial charge in [0.2, 0.25) is 4.96 Å². The summed E-state index contributed by atoms with van der Waals surface area (Å²) in [6.45, 7) is 4.60. The first-order chi connectivity index (χ1) is 19.0. The molecule has 6 aromatic rings. The maximum atomic E-state index is 13.4. The van der Waals surface area contributed by atoms with Crippen LogP contribution < -0.4 is 19.6 Å². The van der Waals surface area contributed by atoms with Gasteiger partial charge in [-0.15, -0.1) is 5.10 Å². The summed E-state index contributed by atoms with van der Waals surface area (Å²) in [5.41, 5.74) is 5.12. The summed E-state index contributed by atoms with van der Waals surface area (Å²) in [6.07, 6.45) is 3.81. The minimum absolute atomic E-state index is 0.218. The summed E-state index contributed by atoms with van der Waals surface area (Å²) in [5, 5.41) is 9.40. The number of para-hydroxylation sites is 1. The molecule has 8 nitrogen and oxygen atoms in total. The van der Waals surface area contributed by atoms with E-state index in [9.17, 15) is 4.79 Å². The summed E-state index contributed by atoms with van der Waals surface area (Å²) in [7, 11) is 1.62. The van der Waals surface area contributed by atoms with Crippen molar-refractivity contribution in [1.29, 1.82) is 0 Å². The molecule has 0 saturated carbocycles. The van der Waals surface area contributed by atoms with E-state index in [1.807, 2.05) is 104 Å². The van der Waals surface area contributed by atoms with Crippen molar-refractivity contribution in [2.45, 2.75) is 13.8 Å². The Morgan fingerprint density at radius 3 is 2.44 bits per heavy atom. The van der Waals surface area contributed by atoms with Gasteiger partial charge in [0.15, 0.2) is 5.82 Å².